The molecule has 240 valence electrons. The van der Waals surface area contributed by atoms with Crippen LogP contribution in [0.1, 0.15) is 112 Å². The molecule has 7 aliphatic rings. The summed E-state index contributed by atoms with van der Waals surface area (Å²) in [6, 6.07) is 0.545. The van der Waals surface area contributed by atoms with E-state index in [2.05, 4.69) is 32.6 Å². The summed E-state index contributed by atoms with van der Waals surface area (Å²) in [7, 11) is 0. The average molecular weight is 588 g/mol. The molecular formula is C36H61NO5. The van der Waals surface area contributed by atoms with Gasteiger partial charge >= 0.3 is 0 Å². The lowest BCUT2D eigenvalue weighted by Gasteiger charge is -2.59. The average Bonchev–Trinajstić information content (AvgIpc) is 3.30. The van der Waals surface area contributed by atoms with Crippen molar-refractivity contribution in [3.05, 3.63) is 0 Å². The van der Waals surface area contributed by atoms with Crippen LogP contribution in [0.3, 0.4) is 0 Å². The third-order valence-electron chi connectivity index (χ3n) is 15.2. The van der Waals surface area contributed by atoms with E-state index in [1.54, 1.807) is 0 Å². The Morgan fingerprint density at radius 1 is 0.976 bits per heavy atom. The SMILES string of the molecule is CC1C23CCC4(C)C(CC(O)[C@@H]4CCCCC(C)(C)O)C2CCC2C(C)(C)C(OC4CN(C5COC5)CCO4)CCC213. The van der Waals surface area contributed by atoms with E-state index in [0.29, 0.717) is 34.6 Å². The highest BCUT2D eigenvalue weighted by atomic mass is 16.7. The molecule has 2 saturated heterocycles. The van der Waals surface area contributed by atoms with E-state index >= 15 is 0 Å². The second-order valence-corrected chi connectivity index (χ2v) is 17.6. The largest absolute Gasteiger partial charge is 0.393 e. The Balaban J connectivity index is 1.04. The molecule has 11 atom stereocenters. The van der Waals surface area contributed by atoms with Gasteiger partial charge < -0.3 is 24.4 Å². The minimum Gasteiger partial charge on any atom is -0.393 e. The van der Waals surface area contributed by atoms with Crippen molar-refractivity contribution < 1.29 is 24.4 Å². The van der Waals surface area contributed by atoms with E-state index in [1.807, 2.05) is 13.8 Å². The van der Waals surface area contributed by atoms with Crippen molar-refractivity contribution in [2.75, 3.05) is 32.9 Å². The van der Waals surface area contributed by atoms with Crippen molar-refractivity contribution >= 4 is 0 Å². The first-order chi connectivity index (χ1) is 19.8. The molecule has 7 rings (SSSR count). The van der Waals surface area contributed by atoms with Crippen molar-refractivity contribution in [3.63, 3.8) is 0 Å². The number of morpholine rings is 1. The van der Waals surface area contributed by atoms with Gasteiger partial charge in [0.1, 0.15) is 0 Å². The molecule has 5 aliphatic carbocycles. The molecular weight excluding hydrogens is 526 g/mol. The van der Waals surface area contributed by atoms with E-state index in [4.69, 9.17) is 14.2 Å². The lowest BCUT2D eigenvalue weighted by Crippen LogP contribution is -2.58. The van der Waals surface area contributed by atoms with Gasteiger partial charge in [0, 0.05) is 6.54 Å². The zero-order valence-electron chi connectivity index (χ0n) is 27.6. The molecule has 0 amide bonds. The molecule has 7 fully saturated rings. The Morgan fingerprint density at radius 2 is 1.76 bits per heavy atom. The number of aliphatic hydroxyl groups is 2. The van der Waals surface area contributed by atoms with Gasteiger partial charge in [0.15, 0.2) is 6.29 Å². The molecule has 42 heavy (non-hydrogen) atoms. The van der Waals surface area contributed by atoms with Gasteiger partial charge in [-0.25, -0.2) is 0 Å². The highest BCUT2D eigenvalue weighted by Crippen LogP contribution is 2.89. The number of nitrogens with zero attached hydrogens (tertiary/aromatic N) is 1. The number of hydrogen-bond acceptors (Lipinski definition) is 6. The van der Waals surface area contributed by atoms with Crippen LogP contribution in [-0.4, -0.2) is 78.2 Å². The summed E-state index contributed by atoms with van der Waals surface area (Å²) in [5, 5.41) is 21.7. The Labute approximate surface area is 255 Å². The van der Waals surface area contributed by atoms with Crippen LogP contribution in [0.25, 0.3) is 0 Å². The van der Waals surface area contributed by atoms with Crippen LogP contribution in [0.2, 0.25) is 0 Å². The van der Waals surface area contributed by atoms with Crippen LogP contribution in [-0.2, 0) is 14.2 Å². The van der Waals surface area contributed by atoms with Gasteiger partial charge in [-0.05, 0) is 123 Å². The second-order valence-electron chi connectivity index (χ2n) is 17.6. The second kappa shape index (κ2) is 10.4. The molecule has 0 aromatic carbocycles. The normalized spacial score (nSPS) is 50.3. The van der Waals surface area contributed by atoms with E-state index in [-0.39, 0.29) is 29.3 Å². The minimum absolute atomic E-state index is 0.115. The highest BCUT2D eigenvalue weighted by Gasteiger charge is 2.84. The Kier molecular flexibility index (Phi) is 7.52. The van der Waals surface area contributed by atoms with Crippen molar-refractivity contribution in [1.82, 2.24) is 4.90 Å². The fourth-order valence-corrected chi connectivity index (χ4v) is 13.1. The molecule has 0 bridgehead atoms. The molecule has 0 aromatic heterocycles. The maximum Gasteiger partial charge on any atom is 0.170 e. The third-order valence-corrected chi connectivity index (χ3v) is 15.2. The first-order valence-electron chi connectivity index (χ1n) is 17.8. The predicted molar refractivity (Wildman–Crippen MR) is 164 cm³/mol. The van der Waals surface area contributed by atoms with Crippen molar-refractivity contribution in [2.24, 2.45) is 51.2 Å². The zero-order valence-corrected chi connectivity index (χ0v) is 27.6. The number of aliphatic hydroxyl groups excluding tert-OH is 1. The van der Waals surface area contributed by atoms with Crippen LogP contribution in [0, 0.1) is 51.2 Å². The maximum atomic E-state index is 11.5. The van der Waals surface area contributed by atoms with Crippen LogP contribution >= 0.6 is 0 Å². The maximum absolute atomic E-state index is 11.5. The number of unbranched alkanes of at least 4 members (excludes halogenated alkanes) is 1. The van der Waals surface area contributed by atoms with Gasteiger partial charge in [0.05, 0.1) is 50.2 Å². The van der Waals surface area contributed by atoms with Gasteiger partial charge in [0.2, 0.25) is 0 Å². The van der Waals surface area contributed by atoms with Crippen molar-refractivity contribution in [2.45, 2.75) is 142 Å². The van der Waals surface area contributed by atoms with E-state index in [9.17, 15) is 10.2 Å². The third kappa shape index (κ3) is 4.38. The number of hydrogen-bond donors (Lipinski definition) is 2. The van der Waals surface area contributed by atoms with Crippen molar-refractivity contribution in [1.29, 1.82) is 0 Å². The van der Waals surface area contributed by atoms with Gasteiger partial charge in [-0.15, -0.1) is 0 Å². The molecule has 2 N–H and O–H groups in total. The fraction of sp³-hybridized carbons (Fsp3) is 1.00. The first-order valence-corrected chi connectivity index (χ1v) is 17.8. The van der Waals surface area contributed by atoms with Crippen LogP contribution in [0.15, 0.2) is 0 Å². The topological polar surface area (TPSA) is 71.4 Å². The number of rotatable bonds is 8. The predicted octanol–water partition coefficient (Wildman–Crippen LogP) is 6.03. The summed E-state index contributed by atoms with van der Waals surface area (Å²) in [5.41, 5.74) is 0.760. The summed E-state index contributed by atoms with van der Waals surface area (Å²) < 4.78 is 18.6. The summed E-state index contributed by atoms with van der Waals surface area (Å²) in [4.78, 5) is 2.52. The standard InChI is InChI=1S/C36H61NO5/c1-23-35-16-15-34(6)26(9-7-8-13-32(2,3)39)28(38)19-27(34)25(35)10-11-29-33(4,5)30(12-14-36(23,29)35)42-31-20-37(17-18-41-31)24-21-40-22-24/h23-31,38-39H,7-22H2,1-6H3/t23?,25?,26-,27?,28?,29?,30?,31?,34?,35?,36?/m0/s1. The molecule has 5 saturated carbocycles. The number of ether oxygens (including phenoxy) is 3. The van der Waals surface area contributed by atoms with Gasteiger partial charge in [-0.3, -0.25) is 4.90 Å². The van der Waals surface area contributed by atoms with Gasteiger partial charge in [-0.1, -0.05) is 40.5 Å². The Morgan fingerprint density at radius 3 is 2.48 bits per heavy atom. The fourth-order valence-electron chi connectivity index (χ4n) is 13.1. The summed E-state index contributed by atoms with van der Waals surface area (Å²) in [6.45, 7) is 18.4. The van der Waals surface area contributed by atoms with Gasteiger partial charge in [0.25, 0.3) is 0 Å². The summed E-state index contributed by atoms with van der Waals surface area (Å²) in [5.74, 6) is 3.36. The summed E-state index contributed by atoms with van der Waals surface area (Å²) in [6.07, 6.45) is 12.9. The van der Waals surface area contributed by atoms with E-state index in [1.165, 1.54) is 32.1 Å². The minimum atomic E-state index is -0.583. The molecule has 2 heterocycles. The zero-order chi connectivity index (χ0) is 29.7. The van der Waals surface area contributed by atoms with E-state index in [0.717, 1.165) is 83.3 Å². The van der Waals surface area contributed by atoms with E-state index < -0.39 is 5.60 Å². The molecule has 10 unspecified atom stereocenters. The Hall–Kier alpha value is -0.240. The highest BCUT2D eigenvalue weighted by molar-refractivity contribution is 5.32. The molecule has 2 spiro atoms. The molecule has 0 aromatic rings. The lowest BCUT2D eigenvalue weighted by molar-refractivity contribution is -0.253. The molecule has 6 heteroatoms. The quantitative estimate of drug-likeness (QED) is 0.338. The van der Waals surface area contributed by atoms with Gasteiger partial charge in [-0.2, -0.15) is 0 Å². The monoisotopic (exact) mass is 587 g/mol. The molecule has 2 aliphatic heterocycles. The number of fused-ring (bicyclic) bond motifs is 2. The Bertz CT molecular complexity index is 1010. The lowest BCUT2D eigenvalue weighted by atomic mass is 9.46. The van der Waals surface area contributed by atoms with Crippen LogP contribution in [0.4, 0.5) is 0 Å². The smallest absolute Gasteiger partial charge is 0.170 e. The molecule has 6 nitrogen and oxygen atoms in total. The first kappa shape index (κ1) is 30.4. The molecule has 0 radical (unpaired) electrons. The van der Waals surface area contributed by atoms with Crippen LogP contribution < -0.4 is 0 Å². The van der Waals surface area contributed by atoms with Crippen molar-refractivity contribution in [3.8, 4) is 0 Å². The summed E-state index contributed by atoms with van der Waals surface area (Å²) >= 11 is 0. The van der Waals surface area contributed by atoms with Crippen LogP contribution in [0.5, 0.6) is 0 Å².